The van der Waals surface area contributed by atoms with Gasteiger partial charge < -0.3 is 20.1 Å². The number of amides is 2. The zero-order valence-corrected chi connectivity index (χ0v) is 12.2. The Morgan fingerprint density at radius 1 is 1.10 bits per heavy atom. The van der Waals surface area contributed by atoms with Crippen molar-refractivity contribution in [2.75, 3.05) is 13.3 Å². The normalized spacial score (nSPS) is 17.5. The van der Waals surface area contributed by atoms with Crippen molar-refractivity contribution in [3.63, 3.8) is 0 Å². The van der Waals surface area contributed by atoms with Gasteiger partial charge in [0, 0.05) is 13.1 Å². The van der Waals surface area contributed by atoms with E-state index in [-0.39, 0.29) is 12.8 Å². The minimum atomic E-state index is -0.0989. The number of benzene rings is 1. The minimum absolute atomic E-state index is 0.0989. The van der Waals surface area contributed by atoms with Crippen molar-refractivity contribution >= 4 is 6.03 Å². The van der Waals surface area contributed by atoms with Crippen LogP contribution in [-0.2, 0) is 6.54 Å². The Balaban J connectivity index is 1.41. The summed E-state index contributed by atoms with van der Waals surface area (Å²) in [4.78, 5) is 11.8. The Morgan fingerprint density at radius 2 is 1.90 bits per heavy atom. The summed E-state index contributed by atoms with van der Waals surface area (Å²) in [6, 6.07) is 5.62. The van der Waals surface area contributed by atoms with E-state index in [9.17, 15) is 4.79 Å². The average Bonchev–Trinajstić information content (AvgIpc) is 2.99. The fourth-order valence-corrected chi connectivity index (χ4v) is 2.92. The number of fused-ring (bicyclic) bond motifs is 1. The summed E-state index contributed by atoms with van der Waals surface area (Å²) < 4.78 is 10.6. The highest BCUT2D eigenvalue weighted by Gasteiger charge is 2.15. The molecule has 0 saturated heterocycles. The van der Waals surface area contributed by atoms with Crippen LogP contribution in [0.2, 0.25) is 0 Å². The van der Waals surface area contributed by atoms with Crippen LogP contribution in [0.5, 0.6) is 11.5 Å². The SMILES string of the molecule is O=C(NCc1ccc2c(c1)OCO2)NCC1CCCCC1. The molecule has 21 heavy (non-hydrogen) atoms. The monoisotopic (exact) mass is 290 g/mol. The molecule has 1 aliphatic heterocycles. The molecule has 0 unspecified atom stereocenters. The Labute approximate surface area is 125 Å². The van der Waals surface area contributed by atoms with Gasteiger partial charge in [0.1, 0.15) is 0 Å². The average molecular weight is 290 g/mol. The van der Waals surface area contributed by atoms with Crippen LogP contribution in [0.3, 0.4) is 0 Å². The van der Waals surface area contributed by atoms with Gasteiger partial charge >= 0.3 is 6.03 Å². The zero-order chi connectivity index (χ0) is 14.5. The highest BCUT2D eigenvalue weighted by molar-refractivity contribution is 5.73. The molecule has 1 aromatic rings. The van der Waals surface area contributed by atoms with Crippen molar-refractivity contribution in [2.45, 2.75) is 38.6 Å². The predicted molar refractivity (Wildman–Crippen MR) is 79.4 cm³/mol. The molecule has 0 radical (unpaired) electrons. The summed E-state index contributed by atoms with van der Waals surface area (Å²) >= 11 is 0. The van der Waals surface area contributed by atoms with E-state index in [0.717, 1.165) is 23.6 Å². The first kappa shape index (κ1) is 14.0. The standard InChI is InChI=1S/C16H22N2O3/c19-16(17-9-12-4-2-1-3-5-12)18-10-13-6-7-14-15(8-13)21-11-20-14/h6-8,12H,1-5,9-11H2,(H2,17,18,19). The lowest BCUT2D eigenvalue weighted by molar-refractivity contribution is 0.174. The van der Waals surface area contributed by atoms with E-state index in [1.165, 1.54) is 32.1 Å². The molecule has 5 nitrogen and oxygen atoms in total. The van der Waals surface area contributed by atoms with E-state index >= 15 is 0 Å². The fourth-order valence-electron chi connectivity index (χ4n) is 2.92. The summed E-state index contributed by atoms with van der Waals surface area (Å²) in [6.45, 7) is 1.55. The van der Waals surface area contributed by atoms with Gasteiger partial charge in [-0.3, -0.25) is 0 Å². The molecular weight excluding hydrogens is 268 g/mol. The van der Waals surface area contributed by atoms with Crippen LogP contribution in [0.4, 0.5) is 4.79 Å². The van der Waals surface area contributed by atoms with Gasteiger partial charge in [0.2, 0.25) is 6.79 Å². The van der Waals surface area contributed by atoms with Crippen molar-refractivity contribution in [3.8, 4) is 11.5 Å². The van der Waals surface area contributed by atoms with Crippen molar-refractivity contribution in [1.29, 1.82) is 0 Å². The largest absolute Gasteiger partial charge is 0.454 e. The molecular formula is C16H22N2O3. The number of urea groups is 1. The van der Waals surface area contributed by atoms with E-state index in [1.807, 2.05) is 18.2 Å². The van der Waals surface area contributed by atoms with E-state index in [1.54, 1.807) is 0 Å². The highest BCUT2D eigenvalue weighted by Crippen LogP contribution is 2.32. The van der Waals surface area contributed by atoms with Crippen molar-refractivity contribution in [1.82, 2.24) is 10.6 Å². The third-order valence-corrected chi connectivity index (χ3v) is 4.17. The van der Waals surface area contributed by atoms with Gasteiger partial charge in [0.25, 0.3) is 0 Å². The first-order chi connectivity index (χ1) is 10.3. The number of rotatable bonds is 4. The van der Waals surface area contributed by atoms with Gasteiger partial charge in [0.05, 0.1) is 0 Å². The molecule has 2 N–H and O–H groups in total. The number of carbonyl (C=O) groups is 1. The van der Waals surface area contributed by atoms with Crippen LogP contribution in [0, 0.1) is 5.92 Å². The van der Waals surface area contributed by atoms with E-state index in [4.69, 9.17) is 9.47 Å². The Morgan fingerprint density at radius 3 is 2.76 bits per heavy atom. The van der Waals surface area contributed by atoms with Crippen LogP contribution in [0.1, 0.15) is 37.7 Å². The molecule has 1 heterocycles. The zero-order valence-electron chi connectivity index (χ0n) is 12.2. The molecule has 1 aliphatic carbocycles. The van der Waals surface area contributed by atoms with Gasteiger partial charge in [-0.2, -0.15) is 0 Å². The second kappa shape index (κ2) is 6.70. The minimum Gasteiger partial charge on any atom is -0.454 e. The van der Waals surface area contributed by atoms with Crippen LogP contribution in [-0.4, -0.2) is 19.4 Å². The lowest BCUT2D eigenvalue weighted by atomic mass is 9.89. The first-order valence-corrected chi connectivity index (χ1v) is 7.71. The maximum Gasteiger partial charge on any atom is 0.315 e. The molecule has 0 aromatic heterocycles. The lowest BCUT2D eigenvalue weighted by Gasteiger charge is -2.21. The first-order valence-electron chi connectivity index (χ1n) is 7.71. The Hall–Kier alpha value is -1.91. The molecule has 3 rings (SSSR count). The van der Waals surface area contributed by atoms with Crippen LogP contribution < -0.4 is 20.1 Å². The van der Waals surface area contributed by atoms with Crippen LogP contribution >= 0.6 is 0 Å². The summed E-state index contributed by atoms with van der Waals surface area (Å²) in [5.74, 6) is 2.16. The summed E-state index contributed by atoms with van der Waals surface area (Å²) in [5.41, 5.74) is 1.01. The molecule has 0 spiro atoms. The van der Waals surface area contributed by atoms with Crippen LogP contribution in [0.25, 0.3) is 0 Å². The van der Waals surface area contributed by atoms with Gasteiger partial charge in [-0.15, -0.1) is 0 Å². The van der Waals surface area contributed by atoms with E-state index < -0.39 is 0 Å². The number of nitrogens with one attached hydrogen (secondary N) is 2. The summed E-state index contributed by atoms with van der Waals surface area (Å²) in [5, 5.41) is 5.85. The molecule has 0 atom stereocenters. The van der Waals surface area contributed by atoms with Gasteiger partial charge in [0.15, 0.2) is 11.5 Å². The number of hydrogen-bond acceptors (Lipinski definition) is 3. The Kier molecular flexibility index (Phi) is 4.48. The van der Waals surface area contributed by atoms with Gasteiger partial charge in [-0.1, -0.05) is 25.3 Å². The number of hydrogen-bond donors (Lipinski definition) is 2. The summed E-state index contributed by atoms with van der Waals surface area (Å²) in [6.07, 6.45) is 6.41. The Bertz CT molecular complexity index is 498. The molecule has 2 amide bonds. The van der Waals surface area contributed by atoms with Gasteiger partial charge in [-0.25, -0.2) is 4.79 Å². The predicted octanol–water partition coefficient (Wildman–Crippen LogP) is 2.79. The van der Waals surface area contributed by atoms with Gasteiger partial charge in [-0.05, 0) is 36.5 Å². The smallest absolute Gasteiger partial charge is 0.315 e. The second-order valence-corrected chi connectivity index (χ2v) is 5.76. The molecule has 5 heteroatoms. The summed E-state index contributed by atoms with van der Waals surface area (Å²) in [7, 11) is 0. The maximum absolute atomic E-state index is 11.8. The van der Waals surface area contributed by atoms with Crippen molar-refractivity contribution in [2.24, 2.45) is 5.92 Å². The number of carbonyl (C=O) groups excluding carboxylic acids is 1. The third-order valence-electron chi connectivity index (χ3n) is 4.17. The molecule has 1 saturated carbocycles. The lowest BCUT2D eigenvalue weighted by Crippen LogP contribution is -2.38. The molecule has 2 aliphatic rings. The van der Waals surface area contributed by atoms with E-state index in [2.05, 4.69) is 10.6 Å². The van der Waals surface area contributed by atoms with Crippen LogP contribution in [0.15, 0.2) is 18.2 Å². The van der Waals surface area contributed by atoms with E-state index in [0.29, 0.717) is 12.5 Å². The van der Waals surface area contributed by atoms with Crippen molar-refractivity contribution < 1.29 is 14.3 Å². The topological polar surface area (TPSA) is 59.6 Å². The molecule has 0 bridgehead atoms. The van der Waals surface area contributed by atoms with Crippen molar-refractivity contribution in [3.05, 3.63) is 23.8 Å². The molecule has 1 aromatic carbocycles. The third kappa shape index (κ3) is 3.80. The maximum atomic E-state index is 11.8. The fraction of sp³-hybridized carbons (Fsp3) is 0.562. The second-order valence-electron chi connectivity index (χ2n) is 5.76. The quantitative estimate of drug-likeness (QED) is 0.896. The number of ether oxygens (including phenoxy) is 2. The molecule has 114 valence electrons. The highest BCUT2D eigenvalue weighted by atomic mass is 16.7. The molecule has 1 fully saturated rings.